The van der Waals surface area contributed by atoms with Crippen molar-refractivity contribution in [2.45, 2.75) is 13.8 Å². The minimum absolute atomic E-state index is 0.151. The molecule has 2 aromatic carbocycles. The van der Waals surface area contributed by atoms with E-state index < -0.39 is 10.8 Å². The van der Waals surface area contributed by atoms with Gasteiger partial charge in [0.2, 0.25) is 0 Å². The second-order valence-electron chi connectivity index (χ2n) is 5.93. The van der Waals surface area contributed by atoms with Crippen molar-refractivity contribution in [2.75, 3.05) is 6.61 Å². The topological polar surface area (TPSA) is 110 Å². The highest BCUT2D eigenvalue weighted by Crippen LogP contribution is 2.34. The van der Waals surface area contributed by atoms with Gasteiger partial charge in [0.15, 0.2) is 0 Å². The minimum atomic E-state index is -0.506. The van der Waals surface area contributed by atoms with Gasteiger partial charge in [-0.25, -0.2) is 5.43 Å². The summed E-state index contributed by atoms with van der Waals surface area (Å²) in [4.78, 5) is 26.3. The van der Waals surface area contributed by atoms with Gasteiger partial charge in [0.1, 0.15) is 17.0 Å². The maximum absolute atomic E-state index is 12.5. The molecule has 0 aliphatic heterocycles. The van der Waals surface area contributed by atoms with Crippen molar-refractivity contribution in [1.29, 1.82) is 0 Å². The normalized spacial score (nSPS) is 11.1. The summed E-state index contributed by atoms with van der Waals surface area (Å²) in [5.74, 6) is -0.113. The first-order valence-electron chi connectivity index (χ1n) is 8.43. The van der Waals surface area contributed by atoms with Gasteiger partial charge in [-0.15, -0.1) is 0 Å². The molecule has 0 radical (unpaired) electrons. The lowest BCUT2D eigenvalue weighted by atomic mass is 10.1. The molecular formula is C19H17BrN4O4. The molecule has 3 rings (SSSR count). The van der Waals surface area contributed by atoms with Gasteiger partial charge in [-0.05, 0) is 43.2 Å². The molecule has 9 heteroatoms. The molecule has 0 saturated carbocycles. The van der Waals surface area contributed by atoms with E-state index in [0.717, 1.165) is 10.0 Å². The number of nitrogens with zero attached hydrogens (tertiary/aromatic N) is 2. The van der Waals surface area contributed by atoms with E-state index in [2.05, 4.69) is 31.4 Å². The van der Waals surface area contributed by atoms with Crippen LogP contribution in [0.3, 0.4) is 0 Å². The number of amides is 1. The Kier molecular flexibility index (Phi) is 5.74. The lowest BCUT2D eigenvalue weighted by Crippen LogP contribution is -2.18. The highest BCUT2D eigenvalue weighted by atomic mass is 79.9. The largest absolute Gasteiger partial charge is 0.494 e. The number of halogens is 1. The van der Waals surface area contributed by atoms with Gasteiger partial charge in [-0.2, -0.15) is 5.10 Å². The van der Waals surface area contributed by atoms with E-state index in [1.807, 2.05) is 24.3 Å². The van der Waals surface area contributed by atoms with E-state index in [-0.39, 0.29) is 16.9 Å². The molecular weight excluding hydrogens is 428 g/mol. The molecule has 0 aliphatic rings. The van der Waals surface area contributed by atoms with Gasteiger partial charge >= 0.3 is 0 Å². The number of carbonyl (C=O) groups excluding carboxylic acids is 1. The number of aryl methyl sites for hydroxylation is 1. The molecule has 2 N–H and O–H groups in total. The average molecular weight is 445 g/mol. The van der Waals surface area contributed by atoms with Crippen LogP contribution in [0, 0.1) is 17.0 Å². The van der Waals surface area contributed by atoms with Crippen LogP contribution in [0.1, 0.15) is 28.5 Å². The fraction of sp³-hybridized carbons (Fsp3) is 0.158. The molecule has 0 bridgehead atoms. The molecule has 1 amide bonds. The van der Waals surface area contributed by atoms with Crippen molar-refractivity contribution in [3.8, 4) is 5.75 Å². The zero-order valence-corrected chi connectivity index (χ0v) is 16.7. The third-order valence-corrected chi connectivity index (χ3v) is 4.63. The molecule has 28 heavy (non-hydrogen) atoms. The van der Waals surface area contributed by atoms with Crippen molar-refractivity contribution >= 4 is 44.6 Å². The number of nitro benzene ring substituents is 1. The van der Waals surface area contributed by atoms with Crippen LogP contribution in [0.4, 0.5) is 5.69 Å². The highest BCUT2D eigenvalue weighted by Gasteiger charge is 2.22. The molecule has 0 atom stereocenters. The van der Waals surface area contributed by atoms with Crippen LogP contribution in [0.2, 0.25) is 0 Å². The summed E-state index contributed by atoms with van der Waals surface area (Å²) >= 11 is 3.35. The molecule has 1 aromatic heterocycles. The molecule has 0 unspecified atom stereocenters. The second kappa shape index (κ2) is 8.22. The Bertz CT molecular complexity index is 1070. The number of hydrogen-bond donors (Lipinski definition) is 2. The van der Waals surface area contributed by atoms with Gasteiger partial charge in [-0.3, -0.25) is 14.9 Å². The number of carbonyl (C=O) groups is 1. The van der Waals surface area contributed by atoms with Crippen molar-refractivity contribution < 1.29 is 14.5 Å². The van der Waals surface area contributed by atoms with E-state index in [9.17, 15) is 14.9 Å². The van der Waals surface area contributed by atoms with E-state index in [0.29, 0.717) is 23.3 Å². The zero-order chi connectivity index (χ0) is 20.3. The molecule has 0 fully saturated rings. The van der Waals surface area contributed by atoms with Crippen molar-refractivity contribution in [2.24, 2.45) is 5.10 Å². The Balaban J connectivity index is 1.90. The zero-order valence-electron chi connectivity index (χ0n) is 15.2. The van der Waals surface area contributed by atoms with E-state index in [1.54, 1.807) is 19.9 Å². The molecule has 144 valence electrons. The van der Waals surface area contributed by atoms with Gasteiger partial charge in [0.25, 0.3) is 11.6 Å². The van der Waals surface area contributed by atoms with E-state index in [4.69, 9.17) is 4.74 Å². The molecule has 0 spiro atoms. The number of ether oxygens (including phenoxy) is 1. The van der Waals surface area contributed by atoms with Crippen LogP contribution in [-0.4, -0.2) is 28.6 Å². The Morgan fingerprint density at radius 2 is 2.07 bits per heavy atom. The van der Waals surface area contributed by atoms with Crippen LogP contribution >= 0.6 is 15.9 Å². The fourth-order valence-corrected chi connectivity index (χ4v) is 3.04. The number of H-pyrrole nitrogens is 1. The predicted octanol–water partition coefficient (Wildman–Crippen LogP) is 4.31. The number of nitro groups is 1. The Hall–Kier alpha value is -3.20. The third-order valence-electron chi connectivity index (χ3n) is 4.10. The summed E-state index contributed by atoms with van der Waals surface area (Å²) in [7, 11) is 0. The smallest absolute Gasteiger partial charge is 0.297 e. The Labute approximate surface area is 168 Å². The Morgan fingerprint density at radius 3 is 2.71 bits per heavy atom. The fourth-order valence-electron chi connectivity index (χ4n) is 2.77. The standard InChI is InChI=1S/C19H17BrN4O4/c1-3-28-14-8-15-11(2)17(22-18(15)16(9-14)24(26)27)19(25)23-21-10-12-4-6-13(20)7-5-12/h4-10,22H,3H2,1-2H3,(H,23,25)/b21-10-. The average Bonchev–Trinajstić information content (AvgIpc) is 3.00. The number of aromatic amines is 1. The summed E-state index contributed by atoms with van der Waals surface area (Å²) in [6.07, 6.45) is 1.51. The Morgan fingerprint density at radius 1 is 1.36 bits per heavy atom. The quantitative estimate of drug-likeness (QED) is 0.335. The molecule has 8 nitrogen and oxygen atoms in total. The predicted molar refractivity (Wildman–Crippen MR) is 110 cm³/mol. The van der Waals surface area contributed by atoms with Crippen LogP contribution in [-0.2, 0) is 0 Å². The number of rotatable bonds is 6. The summed E-state index contributed by atoms with van der Waals surface area (Å²) in [5.41, 5.74) is 4.16. The number of benzene rings is 2. The SMILES string of the molecule is CCOc1cc([N+](=O)[O-])c2[nH]c(C(=O)N/N=C\c3ccc(Br)cc3)c(C)c2c1. The van der Waals surface area contributed by atoms with Crippen molar-refractivity contribution in [1.82, 2.24) is 10.4 Å². The number of fused-ring (bicyclic) bond motifs is 1. The molecule has 0 aliphatic carbocycles. The third kappa shape index (κ3) is 4.04. The highest BCUT2D eigenvalue weighted by molar-refractivity contribution is 9.10. The van der Waals surface area contributed by atoms with Gasteiger partial charge < -0.3 is 9.72 Å². The molecule has 1 heterocycles. The number of hydrazone groups is 1. The molecule has 0 saturated heterocycles. The summed E-state index contributed by atoms with van der Waals surface area (Å²) in [5, 5.41) is 15.9. The van der Waals surface area contributed by atoms with Gasteiger partial charge in [-0.1, -0.05) is 28.1 Å². The van der Waals surface area contributed by atoms with Gasteiger partial charge in [0, 0.05) is 9.86 Å². The summed E-state index contributed by atoms with van der Waals surface area (Å²) in [6, 6.07) is 10.4. The number of hydrogen-bond acceptors (Lipinski definition) is 5. The van der Waals surface area contributed by atoms with Crippen molar-refractivity contribution in [3.05, 3.63) is 67.8 Å². The van der Waals surface area contributed by atoms with E-state index >= 15 is 0 Å². The van der Waals surface area contributed by atoms with Gasteiger partial charge in [0.05, 0.1) is 23.8 Å². The number of non-ortho nitro benzene ring substituents is 1. The first-order valence-corrected chi connectivity index (χ1v) is 9.22. The first kappa shape index (κ1) is 19.6. The monoisotopic (exact) mass is 444 g/mol. The second-order valence-corrected chi connectivity index (χ2v) is 6.85. The van der Waals surface area contributed by atoms with Crippen LogP contribution in [0.25, 0.3) is 10.9 Å². The summed E-state index contributed by atoms with van der Waals surface area (Å²) < 4.78 is 6.35. The van der Waals surface area contributed by atoms with Crippen LogP contribution < -0.4 is 10.2 Å². The van der Waals surface area contributed by atoms with Crippen LogP contribution in [0.15, 0.2) is 46.0 Å². The van der Waals surface area contributed by atoms with Crippen LogP contribution in [0.5, 0.6) is 5.75 Å². The lowest BCUT2D eigenvalue weighted by molar-refractivity contribution is -0.383. The lowest BCUT2D eigenvalue weighted by Gasteiger charge is -2.03. The number of nitrogens with one attached hydrogen (secondary N) is 2. The maximum atomic E-state index is 12.5. The maximum Gasteiger partial charge on any atom is 0.297 e. The minimum Gasteiger partial charge on any atom is -0.494 e. The summed E-state index contributed by atoms with van der Waals surface area (Å²) in [6.45, 7) is 3.89. The first-order chi connectivity index (χ1) is 13.4. The number of aromatic nitrogens is 1. The molecule has 3 aromatic rings. The van der Waals surface area contributed by atoms with Crippen molar-refractivity contribution in [3.63, 3.8) is 0 Å². The van der Waals surface area contributed by atoms with E-state index in [1.165, 1.54) is 12.3 Å².